The van der Waals surface area contributed by atoms with Crippen LogP contribution in [0.3, 0.4) is 0 Å². The standard InChI is InChI=1S/C17H24N2/c1-17(14-18,13-15-9-5-4-6-10-15)19-16-11-7-2-3-8-12-16/h4-6,9-10,16,19H,2-3,7-8,11-13H2,1H3. The highest BCUT2D eigenvalue weighted by molar-refractivity contribution is 5.21. The van der Waals surface area contributed by atoms with Gasteiger partial charge >= 0.3 is 0 Å². The average molecular weight is 256 g/mol. The van der Waals surface area contributed by atoms with E-state index in [1.807, 2.05) is 25.1 Å². The van der Waals surface area contributed by atoms with Gasteiger partial charge in [0, 0.05) is 12.5 Å². The Morgan fingerprint density at radius 1 is 1.16 bits per heavy atom. The molecule has 0 saturated heterocycles. The van der Waals surface area contributed by atoms with E-state index in [4.69, 9.17) is 0 Å². The molecule has 1 aliphatic carbocycles. The average Bonchev–Trinajstić information content (AvgIpc) is 2.68. The molecule has 0 spiro atoms. The molecule has 2 heteroatoms. The summed E-state index contributed by atoms with van der Waals surface area (Å²) >= 11 is 0. The SMILES string of the molecule is CC(C#N)(Cc1ccccc1)NC1CCCCCC1. The predicted molar refractivity (Wildman–Crippen MR) is 78.8 cm³/mol. The zero-order chi connectivity index (χ0) is 13.6. The van der Waals surface area contributed by atoms with Crippen LogP contribution in [0.15, 0.2) is 30.3 Å². The first-order chi connectivity index (χ1) is 9.22. The number of hydrogen-bond acceptors (Lipinski definition) is 2. The van der Waals surface area contributed by atoms with E-state index in [9.17, 15) is 5.26 Å². The maximum absolute atomic E-state index is 9.54. The highest BCUT2D eigenvalue weighted by Gasteiger charge is 2.27. The largest absolute Gasteiger partial charge is 0.297 e. The summed E-state index contributed by atoms with van der Waals surface area (Å²) in [7, 11) is 0. The van der Waals surface area contributed by atoms with Gasteiger partial charge in [-0.05, 0) is 25.3 Å². The molecule has 2 rings (SSSR count). The van der Waals surface area contributed by atoms with E-state index in [0.29, 0.717) is 6.04 Å². The minimum atomic E-state index is -0.448. The van der Waals surface area contributed by atoms with E-state index >= 15 is 0 Å². The van der Waals surface area contributed by atoms with Crippen molar-refractivity contribution >= 4 is 0 Å². The van der Waals surface area contributed by atoms with E-state index in [1.54, 1.807) is 0 Å². The summed E-state index contributed by atoms with van der Waals surface area (Å²) in [6.07, 6.45) is 8.49. The van der Waals surface area contributed by atoms with Gasteiger partial charge in [0.05, 0.1) is 6.07 Å². The third-order valence-electron chi connectivity index (χ3n) is 4.03. The first-order valence-electron chi connectivity index (χ1n) is 7.45. The fourth-order valence-electron chi connectivity index (χ4n) is 3.00. The maximum Gasteiger partial charge on any atom is 0.108 e. The molecule has 0 radical (unpaired) electrons. The van der Waals surface area contributed by atoms with Gasteiger partial charge in [0.2, 0.25) is 0 Å². The number of nitrogens with one attached hydrogen (secondary N) is 1. The monoisotopic (exact) mass is 256 g/mol. The van der Waals surface area contributed by atoms with Gasteiger partial charge in [0.15, 0.2) is 0 Å². The number of nitrogens with zero attached hydrogens (tertiary/aromatic N) is 1. The molecule has 0 bridgehead atoms. The van der Waals surface area contributed by atoms with Crippen LogP contribution in [0, 0.1) is 11.3 Å². The minimum absolute atomic E-state index is 0.448. The molecular formula is C17H24N2. The van der Waals surface area contributed by atoms with Crippen LogP contribution in [-0.2, 0) is 6.42 Å². The van der Waals surface area contributed by atoms with Crippen LogP contribution in [-0.4, -0.2) is 11.6 Å². The molecular weight excluding hydrogens is 232 g/mol. The number of rotatable bonds is 4. The molecule has 0 aliphatic heterocycles. The van der Waals surface area contributed by atoms with Crippen LogP contribution >= 0.6 is 0 Å². The fourth-order valence-corrected chi connectivity index (χ4v) is 3.00. The summed E-state index contributed by atoms with van der Waals surface area (Å²) < 4.78 is 0. The third-order valence-corrected chi connectivity index (χ3v) is 4.03. The molecule has 1 N–H and O–H groups in total. The smallest absolute Gasteiger partial charge is 0.108 e. The summed E-state index contributed by atoms with van der Waals surface area (Å²) in [5.74, 6) is 0. The first kappa shape index (κ1) is 14.1. The quantitative estimate of drug-likeness (QED) is 0.831. The summed E-state index contributed by atoms with van der Waals surface area (Å²) in [6.45, 7) is 2.03. The number of benzene rings is 1. The van der Waals surface area contributed by atoms with Gasteiger partial charge in [0.25, 0.3) is 0 Å². The lowest BCUT2D eigenvalue weighted by Crippen LogP contribution is -2.48. The Balaban J connectivity index is 1.99. The van der Waals surface area contributed by atoms with Crippen LogP contribution in [0.25, 0.3) is 0 Å². The zero-order valence-electron chi connectivity index (χ0n) is 11.9. The van der Waals surface area contributed by atoms with Crippen molar-refractivity contribution in [3.05, 3.63) is 35.9 Å². The number of nitriles is 1. The predicted octanol–water partition coefficient (Wildman–Crippen LogP) is 3.82. The summed E-state index contributed by atoms with van der Waals surface area (Å²) in [4.78, 5) is 0. The van der Waals surface area contributed by atoms with E-state index < -0.39 is 5.54 Å². The van der Waals surface area contributed by atoms with Gasteiger partial charge in [-0.1, -0.05) is 56.0 Å². The molecule has 1 fully saturated rings. The molecule has 1 aromatic rings. The van der Waals surface area contributed by atoms with Crippen LogP contribution < -0.4 is 5.32 Å². The second-order valence-corrected chi connectivity index (χ2v) is 5.94. The molecule has 1 aliphatic rings. The van der Waals surface area contributed by atoms with Gasteiger partial charge in [-0.3, -0.25) is 5.32 Å². The molecule has 1 atom stereocenters. The molecule has 2 nitrogen and oxygen atoms in total. The summed E-state index contributed by atoms with van der Waals surface area (Å²) in [5, 5.41) is 13.1. The van der Waals surface area contributed by atoms with E-state index in [1.165, 1.54) is 44.1 Å². The Kier molecular flexibility index (Phi) is 4.99. The van der Waals surface area contributed by atoms with Crippen molar-refractivity contribution in [3.8, 4) is 6.07 Å². The molecule has 0 aromatic heterocycles. The second-order valence-electron chi connectivity index (χ2n) is 5.94. The molecule has 0 heterocycles. The Labute approximate surface area is 116 Å². The second kappa shape index (κ2) is 6.73. The Hall–Kier alpha value is -1.33. The lowest BCUT2D eigenvalue weighted by molar-refractivity contribution is 0.348. The molecule has 1 unspecified atom stereocenters. The lowest BCUT2D eigenvalue weighted by atomic mass is 9.92. The van der Waals surface area contributed by atoms with E-state index in [-0.39, 0.29) is 0 Å². The topological polar surface area (TPSA) is 35.8 Å². The Morgan fingerprint density at radius 2 is 1.79 bits per heavy atom. The third kappa shape index (κ3) is 4.36. The minimum Gasteiger partial charge on any atom is -0.297 e. The molecule has 0 amide bonds. The van der Waals surface area contributed by atoms with Gasteiger partial charge in [-0.15, -0.1) is 0 Å². The highest BCUT2D eigenvalue weighted by atomic mass is 15.0. The first-order valence-corrected chi connectivity index (χ1v) is 7.45. The van der Waals surface area contributed by atoms with Crippen molar-refractivity contribution in [2.75, 3.05) is 0 Å². The summed E-state index contributed by atoms with van der Waals surface area (Å²) in [6, 6.07) is 13.3. The van der Waals surface area contributed by atoms with Crippen molar-refractivity contribution in [1.82, 2.24) is 5.32 Å². The normalized spacial score (nSPS) is 20.2. The summed E-state index contributed by atoms with van der Waals surface area (Å²) in [5.41, 5.74) is 0.781. The van der Waals surface area contributed by atoms with Gasteiger partial charge in [0.1, 0.15) is 5.54 Å². The van der Waals surface area contributed by atoms with Crippen LogP contribution in [0.5, 0.6) is 0 Å². The molecule has 1 saturated carbocycles. The highest BCUT2D eigenvalue weighted by Crippen LogP contribution is 2.21. The van der Waals surface area contributed by atoms with E-state index in [2.05, 4.69) is 23.5 Å². The molecule has 1 aromatic carbocycles. The van der Waals surface area contributed by atoms with Crippen LogP contribution in [0.2, 0.25) is 0 Å². The van der Waals surface area contributed by atoms with Crippen molar-refractivity contribution in [3.63, 3.8) is 0 Å². The van der Waals surface area contributed by atoms with Crippen LogP contribution in [0.1, 0.15) is 51.0 Å². The van der Waals surface area contributed by atoms with E-state index in [0.717, 1.165) is 6.42 Å². The maximum atomic E-state index is 9.54. The van der Waals surface area contributed by atoms with Crippen molar-refractivity contribution < 1.29 is 0 Å². The van der Waals surface area contributed by atoms with Gasteiger partial charge < -0.3 is 0 Å². The van der Waals surface area contributed by atoms with Crippen LogP contribution in [0.4, 0.5) is 0 Å². The van der Waals surface area contributed by atoms with Crippen molar-refractivity contribution in [2.24, 2.45) is 0 Å². The Bertz CT molecular complexity index is 413. The zero-order valence-corrected chi connectivity index (χ0v) is 11.9. The van der Waals surface area contributed by atoms with Crippen molar-refractivity contribution in [1.29, 1.82) is 5.26 Å². The number of hydrogen-bond donors (Lipinski definition) is 1. The lowest BCUT2D eigenvalue weighted by Gasteiger charge is -2.29. The van der Waals surface area contributed by atoms with Crippen molar-refractivity contribution in [2.45, 2.75) is 63.5 Å². The fraction of sp³-hybridized carbons (Fsp3) is 0.588. The van der Waals surface area contributed by atoms with Gasteiger partial charge in [-0.2, -0.15) is 5.26 Å². The van der Waals surface area contributed by atoms with Gasteiger partial charge in [-0.25, -0.2) is 0 Å². The molecule has 102 valence electrons. The Morgan fingerprint density at radius 3 is 2.37 bits per heavy atom. The molecule has 19 heavy (non-hydrogen) atoms.